The second-order valence-corrected chi connectivity index (χ2v) is 5.10. The second-order valence-electron chi connectivity index (χ2n) is 4.24. The van der Waals surface area contributed by atoms with E-state index in [0.717, 1.165) is 29.4 Å². The van der Waals surface area contributed by atoms with Crippen molar-refractivity contribution in [2.24, 2.45) is 11.7 Å². The van der Waals surface area contributed by atoms with Crippen molar-refractivity contribution in [2.75, 3.05) is 6.54 Å². The van der Waals surface area contributed by atoms with Crippen molar-refractivity contribution < 1.29 is 9.13 Å². The third-order valence-corrected chi connectivity index (χ3v) is 3.78. The molecule has 0 unspecified atom stereocenters. The molecule has 1 aliphatic carbocycles. The van der Waals surface area contributed by atoms with Crippen LogP contribution in [0.2, 0.25) is 0 Å². The van der Waals surface area contributed by atoms with Gasteiger partial charge >= 0.3 is 0 Å². The van der Waals surface area contributed by atoms with Gasteiger partial charge in [-0.05, 0) is 49.1 Å². The Morgan fingerprint density at radius 3 is 2.88 bits per heavy atom. The molecule has 1 aromatic carbocycles. The Balaban J connectivity index is 1.83. The Kier molecular flexibility index (Phi) is 3.95. The standard InChI is InChI=1S/C12H15BrFNO/c13-12-2-1-10(14)5-9(12)7-16-11-3-8(4-11)6-15/h1-2,5,8,11H,3-4,6-7,15H2. The van der Waals surface area contributed by atoms with Crippen molar-refractivity contribution in [2.45, 2.75) is 25.6 Å². The average molecular weight is 288 g/mol. The van der Waals surface area contributed by atoms with Gasteiger partial charge in [-0.2, -0.15) is 0 Å². The fourth-order valence-corrected chi connectivity index (χ4v) is 2.23. The molecular weight excluding hydrogens is 273 g/mol. The van der Waals surface area contributed by atoms with Gasteiger partial charge in [-0.3, -0.25) is 0 Å². The Morgan fingerprint density at radius 1 is 1.44 bits per heavy atom. The maximum atomic E-state index is 13.0. The van der Waals surface area contributed by atoms with Crippen LogP contribution in [0.25, 0.3) is 0 Å². The molecule has 0 bridgehead atoms. The average Bonchev–Trinajstić information content (AvgIpc) is 2.21. The molecule has 0 aliphatic heterocycles. The summed E-state index contributed by atoms with van der Waals surface area (Å²) in [6.45, 7) is 1.20. The SMILES string of the molecule is NCC1CC(OCc2cc(F)ccc2Br)C1. The lowest BCUT2D eigenvalue weighted by Crippen LogP contribution is -2.35. The third-order valence-electron chi connectivity index (χ3n) is 3.01. The molecule has 0 amide bonds. The highest BCUT2D eigenvalue weighted by Gasteiger charge is 2.28. The first-order valence-corrected chi connectivity index (χ1v) is 6.24. The lowest BCUT2D eigenvalue weighted by Gasteiger charge is -2.34. The largest absolute Gasteiger partial charge is 0.373 e. The highest BCUT2D eigenvalue weighted by atomic mass is 79.9. The number of halogens is 2. The van der Waals surface area contributed by atoms with E-state index in [1.807, 2.05) is 0 Å². The van der Waals surface area contributed by atoms with Crippen LogP contribution in [-0.4, -0.2) is 12.6 Å². The zero-order valence-corrected chi connectivity index (χ0v) is 10.5. The molecule has 16 heavy (non-hydrogen) atoms. The van der Waals surface area contributed by atoms with Gasteiger partial charge < -0.3 is 10.5 Å². The van der Waals surface area contributed by atoms with Gasteiger partial charge in [-0.25, -0.2) is 4.39 Å². The highest BCUT2D eigenvalue weighted by molar-refractivity contribution is 9.10. The van der Waals surface area contributed by atoms with Crippen molar-refractivity contribution in [3.63, 3.8) is 0 Å². The van der Waals surface area contributed by atoms with Crippen LogP contribution in [0.1, 0.15) is 18.4 Å². The fraction of sp³-hybridized carbons (Fsp3) is 0.500. The topological polar surface area (TPSA) is 35.2 Å². The van der Waals surface area contributed by atoms with E-state index < -0.39 is 0 Å². The highest BCUT2D eigenvalue weighted by Crippen LogP contribution is 2.30. The van der Waals surface area contributed by atoms with E-state index in [0.29, 0.717) is 18.6 Å². The maximum Gasteiger partial charge on any atom is 0.123 e. The smallest absolute Gasteiger partial charge is 0.123 e. The van der Waals surface area contributed by atoms with Crippen molar-refractivity contribution in [1.29, 1.82) is 0 Å². The van der Waals surface area contributed by atoms with Gasteiger partial charge in [0.1, 0.15) is 5.82 Å². The van der Waals surface area contributed by atoms with Gasteiger partial charge in [0.25, 0.3) is 0 Å². The summed E-state index contributed by atoms with van der Waals surface area (Å²) in [4.78, 5) is 0. The monoisotopic (exact) mass is 287 g/mol. The van der Waals surface area contributed by atoms with E-state index in [-0.39, 0.29) is 5.82 Å². The number of ether oxygens (including phenoxy) is 1. The molecule has 1 saturated carbocycles. The summed E-state index contributed by atoms with van der Waals surface area (Å²) >= 11 is 3.38. The molecule has 2 N–H and O–H groups in total. The van der Waals surface area contributed by atoms with E-state index in [1.165, 1.54) is 12.1 Å². The molecule has 88 valence electrons. The summed E-state index contributed by atoms with van der Waals surface area (Å²) in [6, 6.07) is 4.64. The van der Waals surface area contributed by atoms with Gasteiger partial charge in [-0.15, -0.1) is 0 Å². The first kappa shape index (κ1) is 12.0. The molecule has 4 heteroatoms. The third kappa shape index (κ3) is 2.81. The van der Waals surface area contributed by atoms with Crippen molar-refractivity contribution >= 4 is 15.9 Å². The van der Waals surface area contributed by atoms with Crippen LogP contribution < -0.4 is 5.73 Å². The van der Waals surface area contributed by atoms with Gasteiger partial charge in [0.15, 0.2) is 0 Å². The number of benzene rings is 1. The maximum absolute atomic E-state index is 13.0. The normalized spacial score (nSPS) is 24.2. The molecule has 0 radical (unpaired) electrons. The van der Waals surface area contributed by atoms with E-state index in [2.05, 4.69) is 15.9 Å². The predicted octanol–water partition coefficient (Wildman–Crippen LogP) is 2.84. The summed E-state index contributed by atoms with van der Waals surface area (Å²) in [5.74, 6) is 0.385. The van der Waals surface area contributed by atoms with Crippen molar-refractivity contribution in [3.8, 4) is 0 Å². The Labute approximate surface area is 103 Å². The molecule has 1 aromatic rings. The molecule has 0 saturated heterocycles. The number of hydrogen-bond acceptors (Lipinski definition) is 2. The predicted molar refractivity (Wildman–Crippen MR) is 64.5 cm³/mol. The van der Waals surface area contributed by atoms with Gasteiger partial charge in [-0.1, -0.05) is 15.9 Å². The van der Waals surface area contributed by atoms with Crippen LogP contribution in [0.5, 0.6) is 0 Å². The molecule has 0 spiro atoms. The van der Waals surface area contributed by atoms with E-state index in [1.54, 1.807) is 6.07 Å². The van der Waals surface area contributed by atoms with E-state index >= 15 is 0 Å². The molecule has 0 heterocycles. The minimum absolute atomic E-state index is 0.227. The molecule has 0 atom stereocenters. The van der Waals surface area contributed by atoms with Crippen molar-refractivity contribution in [1.82, 2.24) is 0 Å². The molecular formula is C12H15BrFNO. The summed E-state index contributed by atoms with van der Waals surface area (Å²) < 4.78 is 19.6. The number of rotatable bonds is 4. The van der Waals surface area contributed by atoms with Crippen LogP contribution in [0.4, 0.5) is 4.39 Å². The molecule has 2 nitrogen and oxygen atoms in total. The van der Waals surface area contributed by atoms with Crippen LogP contribution in [0, 0.1) is 11.7 Å². The molecule has 1 aliphatic rings. The van der Waals surface area contributed by atoms with E-state index in [4.69, 9.17) is 10.5 Å². The lowest BCUT2D eigenvalue weighted by atomic mass is 9.82. The summed E-state index contributed by atoms with van der Waals surface area (Å²) in [5, 5.41) is 0. The first-order chi connectivity index (χ1) is 7.69. The van der Waals surface area contributed by atoms with Crippen LogP contribution in [0.15, 0.2) is 22.7 Å². The summed E-state index contributed by atoms with van der Waals surface area (Å²) in [7, 11) is 0. The Bertz CT molecular complexity index is 366. The van der Waals surface area contributed by atoms with E-state index in [9.17, 15) is 4.39 Å². The zero-order chi connectivity index (χ0) is 11.5. The van der Waals surface area contributed by atoms with Crippen molar-refractivity contribution in [3.05, 3.63) is 34.1 Å². The minimum Gasteiger partial charge on any atom is -0.373 e. The quantitative estimate of drug-likeness (QED) is 0.924. The number of hydrogen-bond donors (Lipinski definition) is 1. The first-order valence-electron chi connectivity index (χ1n) is 5.44. The minimum atomic E-state index is -0.227. The van der Waals surface area contributed by atoms with Gasteiger partial charge in [0.2, 0.25) is 0 Å². The molecule has 0 aromatic heterocycles. The fourth-order valence-electron chi connectivity index (χ4n) is 1.86. The Hall–Kier alpha value is -0.450. The second kappa shape index (κ2) is 5.25. The van der Waals surface area contributed by atoms with Crippen LogP contribution in [0.3, 0.4) is 0 Å². The Morgan fingerprint density at radius 2 is 2.19 bits per heavy atom. The zero-order valence-electron chi connectivity index (χ0n) is 8.96. The van der Waals surface area contributed by atoms with Crippen LogP contribution >= 0.6 is 15.9 Å². The summed E-state index contributed by atoms with van der Waals surface area (Å²) in [6.07, 6.45) is 2.36. The van der Waals surface area contributed by atoms with Gasteiger partial charge in [0.05, 0.1) is 12.7 Å². The molecule has 1 fully saturated rings. The molecule has 2 rings (SSSR count). The number of nitrogens with two attached hydrogens (primary N) is 1. The summed E-state index contributed by atoms with van der Waals surface area (Å²) in [5.41, 5.74) is 6.39. The lowest BCUT2D eigenvalue weighted by molar-refractivity contribution is -0.0378. The van der Waals surface area contributed by atoms with Crippen LogP contribution in [-0.2, 0) is 11.3 Å². The van der Waals surface area contributed by atoms with Gasteiger partial charge in [0, 0.05) is 4.47 Å².